The third kappa shape index (κ3) is 2.99. The Morgan fingerprint density at radius 1 is 1.11 bits per heavy atom. The SMILES string of the molecule is CC(=O)c1cc(I)c(O)c2c1[C@H](C)[C@]1(C)C(C2=O)C(=O)[C@]2(O)C(=O)C(C(N)=O)C(=O)[C@@H](N(C)C)[C@]2(C)[C@H]1O. The Kier molecular flexibility index (Phi) is 6.35. The first-order valence-electron chi connectivity index (χ1n) is 11.9. The molecule has 4 rings (SSSR count). The fourth-order valence-corrected chi connectivity index (χ4v) is 7.91. The number of Topliss-reactive ketones (excluding diaryl/α,β-unsaturated/α-hetero) is 5. The quantitative estimate of drug-likeness (QED) is 0.198. The van der Waals surface area contributed by atoms with Gasteiger partial charge in [0.25, 0.3) is 0 Å². The maximum Gasteiger partial charge on any atom is 0.235 e. The van der Waals surface area contributed by atoms with Crippen molar-refractivity contribution in [2.45, 2.75) is 51.4 Å². The summed E-state index contributed by atoms with van der Waals surface area (Å²) >= 11 is 1.74. The Morgan fingerprint density at radius 3 is 2.13 bits per heavy atom. The summed E-state index contributed by atoms with van der Waals surface area (Å²) in [5.74, 6) is -12.0. The van der Waals surface area contributed by atoms with Gasteiger partial charge in [-0.3, -0.25) is 33.7 Å². The summed E-state index contributed by atoms with van der Waals surface area (Å²) in [4.78, 5) is 81.5. The summed E-state index contributed by atoms with van der Waals surface area (Å²) < 4.78 is 0.170. The molecule has 3 aliphatic carbocycles. The molecule has 11 nitrogen and oxygen atoms in total. The minimum atomic E-state index is -3.15. The predicted molar refractivity (Wildman–Crippen MR) is 139 cm³/mol. The van der Waals surface area contributed by atoms with E-state index in [1.807, 2.05) is 0 Å². The average Bonchev–Trinajstić information content (AvgIpc) is 2.80. The lowest BCUT2D eigenvalue weighted by molar-refractivity contribution is -0.237. The van der Waals surface area contributed by atoms with Crippen LogP contribution in [0.2, 0.25) is 0 Å². The van der Waals surface area contributed by atoms with Crippen molar-refractivity contribution in [1.82, 2.24) is 4.90 Å². The number of aromatic hydroxyl groups is 1. The second kappa shape index (κ2) is 8.47. The van der Waals surface area contributed by atoms with Crippen molar-refractivity contribution in [3.05, 3.63) is 26.3 Å². The number of benzene rings is 1. The number of phenols is 1. The molecule has 0 heterocycles. The van der Waals surface area contributed by atoms with Crippen LogP contribution in [0.25, 0.3) is 0 Å². The number of carbonyl (C=O) groups is 6. The van der Waals surface area contributed by atoms with E-state index in [4.69, 9.17) is 5.73 Å². The molecule has 0 aromatic heterocycles. The molecule has 1 aromatic rings. The smallest absolute Gasteiger partial charge is 0.235 e. The fourth-order valence-electron chi connectivity index (χ4n) is 7.33. The number of ketones is 5. The first-order chi connectivity index (χ1) is 17.3. The van der Waals surface area contributed by atoms with E-state index in [0.717, 1.165) is 0 Å². The molecule has 3 aliphatic rings. The number of likely N-dealkylation sites (N-methyl/N-ethyl adjacent to an activating group) is 1. The zero-order chi connectivity index (χ0) is 29.0. The molecule has 0 aliphatic heterocycles. The lowest BCUT2D eigenvalue weighted by Gasteiger charge is -2.65. The molecule has 2 fully saturated rings. The van der Waals surface area contributed by atoms with Crippen LogP contribution >= 0.6 is 22.6 Å². The molecule has 204 valence electrons. The summed E-state index contributed by atoms with van der Waals surface area (Å²) in [6, 6.07) is -0.117. The van der Waals surface area contributed by atoms with Crippen LogP contribution in [0, 0.1) is 26.2 Å². The number of nitrogens with zero attached hydrogens (tertiary/aromatic N) is 1. The topological polar surface area (TPSA) is 192 Å². The molecule has 5 N–H and O–H groups in total. The third-order valence-corrected chi connectivity index (χ3v) is 10.1. The van der Waals surface area contributed by atoms with Crippen molar-refractivity contribution < 1.29 is 44.1 Å². The predicted octanol–water partition coefficient (Wildman–Crippen LogP) is -0.0138. The standard InChI is InChI=1S/C26H29IN2O9/c1-8-12-10(9(2)30)7-11(27)16(31)13(12)17(32)15-21(35)26(38)20(34)14(22(28)36)18(33)19(29(5)6)25(26,4)23(37)24(8,15)3/h7-8,14-15,19,23,31,37-38H,1-6H3,(H2,28,36)/t8-,14?,15?,19+,23-,24+,25+,26+/m0/s1. The van der Waals surface area contributed by atoms with Gasteiger partial charge in [0.05, 0.1) is 32.6 Å². The highest BCUT2D eigenvalue weighted by Gasteiger charge is 2.81. The van der Waals surface area contributed by atoms with Crippen molar-refractivity contribution in [2.75, 3.05) is 14.1 Å². The molecule has 2 unspecified atom stereocenters. The molecule has 0 spiro atoms. The zero-order valence-corrected chi connectivity index (χ0v) is 23.8. The lowest BCUT2D eigenvalue weighted by Crippen LogP contribution is -2.84. The van der Waals surface area contributed by atoms with E-state index in [9.17, 15) is 44.1 Å². The van der Waals surface area contributed by atoms with Gasteiger partial charge in [-0.25, -0.2) is 0 Å². The monoisotopic (exact) mass is 640 g/mol. The number of hydrogen-bond donors (Lipinski definition) is 4. The first-order valence-corrected chi connectivity index (χ1v) is 13.0. The van der Waals surface area contributed by atoms with Crippen LogP contribution < -0.4 is 5.73 Å². The van der Waals surface area contributed by atoms with Gasteiger partial charge in [0.2, 0.25) is 5.91 Å². The molecule has 0 bridgehead atoms. The van der Waals surface area contributed by atoms with Crippen LogP contribution in [0.1, 0.15) is 59.9 Å². The summed E-state index contributed by atoms with van der Waals surface area (Å²) in [6.07, 6.45) is -1.86. The van der Waals surface area contributed by atoms with Crippen molar-refractivity contribution in [3.8, 4) is 5.75 Å². The Labute approximate surface area is 231 Å². The molecule has 12 heteroatoms. The largest absolute Gasteiger partial charge is 0.506 e. The molecule has 38 heavy (non-hydrogen) atoms. The van der Waals surface area contributed by atoms with Gasteiger partial charge in [0.1, 0.15) is 5.75 Å². The maximum atomic E-state index is 14.3. The molecular formula is C26H29IN2O9. The van der Waals surface area contributed by atoms with Crippen LogP contribution in [-0.4, -0.2) is 86.9 Å². The number of rotatable bonds is 3. The number of amides is 1. The summed E-state index contributed by atoms with van der Waals surface area (Å²) in [6.45, 7) is 5.49. The normalized spacial score (nSPS) is 38.5. The Hall–Kier alpha value is -2.55. The molecular weight excluding hydrogens is 611 g/mol. The first kappa shape index (κ1) is 28.5. The van der Waals surface area contributed by atoms with Crippen molar-refractivity contribution in [3.63, 3.8) is 0 Å². The van der Waals surface area contributed by atoms with Gasteiger partial charge < -0.3 is 21.1 Å². The number of phenolic OH excluding ortho intramolecular Hbond substituents is 1. The number of aliphatic hydroxyl groups excluding tert-OH is 1. The Morgan fingerprint density at radius 2 is 1.66 bits per heavy atom. The van der Waals surface area contributed by atoms with Gasteiger partial charge in [-0.1, -0.05) is 20.8 Å². The molecule has 8 atom stereocenters. The minimum Gasteiger partial charge on any atom is -0.506 e. The minimum absolute atomic E-state index is 0.113. The van der Waals surface area contributed by atoms with E-state index in [2.05, 4.69) is 0 Å². The number of carbonyl (C=O) groups excluding carboxylic acids is 6. The van der Waals surface area contributed by atoms with Crippen LogP contribution in [0.3, 0.4) is 0 Å². The molecule has 1 amide bonds. The average molecular weight is 640 g/mol. The number of fused-ring (bicyclic) bond motifs is 3. The second-order valence-electron chi connectivity index (χ2n) is 11.2. The summed E-state index contributed by atoms with van der Waals surface area (Å²) in [5.41, 5.74) is -1.81. The van der Waals surface area contributed by atoms with Crippen molar-refractivity contribution in [1.29, 1.82) is 0 Å². The van der Waals surface area contributed by atoms with E-state index in [1.165, 1.54) is 45.8 Å². The maximum absolute atomic E-state index is 14.3. The Balaban J connectivity index is 2.13. The highest BCUT2D eigenvalue weighted by molar-refractivity contribution is 14.1. The zero-order valence-electron chi connectivity index (χ0n) is 21.7. The van der Waals surface area contributed by atoms with Gasteiger partial charge in [-0.05, 0) is 61.2 Å². The second-order valence-corrected chi connectivity index (χ2v) is 12.4. The molecule has 1 aromatic carbocycles. The highest BCUT2D eigenvalue weighted by atomic mass is 127. The summed E-state index contributed by atoms with van der Waals surface area (Å²) in [5, 5.41) is 34.9. The number of halogens is 1. The Bertz CT molecular complexity index is 1370. The van der Waals surface area contributed by atoms with Crippen LogP contribution in [0.15, 0.2) is 6.07 Å². The van der Waals surface area contributed by atoms with Gasteiger partial charge in [-0.15, -0.1) is 0 Å². The van der Waals surface area contributed by atoms with Gasteiger partial charge in [0, 0.05) is 11.0 Å². The van der Waals surface area contributed by atoms with E-state index < -0.39 is 86.9 Å². The number of aliphatic hydroxyl groups is 2. The van der Waals surface area contributed by atoms with E-state index >= 15 is 0 Å². The van der Waals surface area contributed by atoms with E-state index in [-0.39, 0.29) is 20.3 Å². The third-order valence-electron chi connectivity index (χ3n) is 9.27. The fraction of sp³-hybridized carbons (Fsp3) is 0.538. The molecule has 0 saturated heterocycles. The lowest BCUT2D eigenvalue weighted by atomic mass is 9.39. The van der Waals surface area contributed by atoms with E-state index in [0.29, 0.717) is 0 Å². The van der Waals surface area contributed by atoms with Gasteiger partial charge in [-0.2, -0.15) is 0 Å². The summed E-state index contributed by atoms with van der Waals surface area (Å²) in [7, 11) is 2.85. The van der Waals surface area contributed by atoms with Crippen molar-refractivity contribution >= 4 is 57.4 Å². The number of nitrogens with two attached hydrogens (primary N) is 1. The van der Waals surface area contributed by atoms with Crippen LogP contribution in [0.4, 0.5) is 0 Å². The number of hydrogen-bond acceptors (Lipinski definition) is 10. The van der Waals surface area contributed by atoms with Crippen LogP contribution in [-0.2, 0) is 19.2 Å². The van der Waals surface area contributed by atoms with Gasteiger partial charge in [0.15, 0.2) is 40.4 Å². The van der Waals surface area contributed by atoms with Crippen LogP contribution in [0.5, 0.6) is 5.75 Å². The number of primary amides is 1. The van der Waals surface area contributed by atoms with E-state index in [1.54, 1.807) is 29.5 Å². The molecule has 0 radical (unpaired) electrons. The molecule has 2 saturated carbocycles. The highest BCUT2D eigenvalue weighted by Crippen LogP contribution is 2.65. The van der Waals surface area contributed by atoms with Crippen molar-refractivity contribution in [2.24, 2.45) is 28.4 Å². The van der Waals surface area contributed by atoms with Gasteiger partial charge >= 0.3 is 0 Å².